The molecule has 33 heavy (non-hydrogen) atoms. The van der Waals surface area contributed by atoms with Crippen LogP contribution < -0.4 is 4.74 Å². The highest BCUT2D eigenvalue weighted by atomic mass is 35.5. The number of methoxy groups -OCH3 is 1. The van der Waals surface area contributed by atoms with E-state index in [1.54, 1.807) is 30.3 Å². The Kier molecular flexibility index (Phi) is 6.74. The van der Waals surface area contributed by atoms with E-state index in [0.717, 1.165) is 12.0 Å². The van der Waals surface area contributed by atoms with Crippen molar-refractivity contribution in [3.05, 3.63) is 94.0 Å². The second-order valence-electron chi connectivity index (χ2n) is 7.99. The molecule has 0 bridgehead atoms. The average molecular weight is 485 g/mol. The molecule has 0 atom stereocenters. The first-order valence-corrected chi connectivity index (χ1v) is 12.4. The minimum absolute atomic E-state index is 0.0537. The number of nitrogens with zero attached hydrogens (tertiary/aromatic N) is 2. The minimum Gasteiger partial charge on any atom is -0.496 e. The summed E-state index contributed by atoms with van der Waals surface area (Å²) in [6.07, 6.45) is 0.812. The number of sulfonamides is 1. The topological polar surface area (TPSA) is 66.9 Å². The zero-order valence-electron chi connectivity index (χ0n) is 18.5. The Morgan fingerprint density at radius 2 is 1.76 bits per heavy atom. The number of carbonyl (C=O) groups excluding carboxylic acids is 1. The van der Waals surface area contributed by atoms with Crippen molar-refractivity contribution in [1.29, 1.82) is 0 Å². The third kappa shape index (κ3) is 4.90. The third-order valence-electron chi connectivity index (χ3n) is 5.86. The average Bonchev–Trinajstić information content (AvgIpc) is 2.83. The van der Waals surface area contributed by atoms with Gasteiger partial charge in [-0.15, -0.1) is 0 Å². The number of hydrogen-bond donors (Lipinski definition) is 0. The van der Waals surface area contributed by atoms with Gasteiger partial charge < -0.3 is 9.64 Å². The van der Waals surface area contributed by atoms with Crippen LogP contribution in [0, 0.1) is 0 Å². The molecule has 1 amide bonds. The molecular formula is C25H25ClN2O4S. The van der Waals surface area contributed by atoms with Crippen LogP contribution in [0.2, 0.25) is 5.02 Å². The van der Waals surface area contributed by atoms with E-state index >= 15 is 0 Å². The molecule has 0 spiro atoms. The fraction of sp³-hybridized carbons (Fsp3) is 0.240. The molecule has 0 N–H and O–H groups in total. The maximum absolute atomic E-state index is 13.2. The number of ether oxygens (including phenoxy) is 1. The highest BCUT2D eigenvalue weighted by molar-refractivity contribution is 7.89. The van der Waals surface area contributed by atoms with Crippen LogP contribution in [-0.4, -0.2) is 44.2 Å². The molecule has 172 valence electrons. The zero-order chi connectivity index (χ0) is 23.6. The first-order chi connectivity index (χ1) is 15.8. The smallest absolute Gasteiger partial charge is 0.254 e. The van der Waals surface area contributed by atoms with Gasteiger partial charge in [0.25, 0.3) is 5.91 Å². The van der Waals surface area contributed by atoms with E-state index in [0.29, 0.717) is 35.0 Å². The van der Waals surface area contributed by atoms with E-state index < -0.39 is 10.0 Å². The van der Waals surface area contributed by atoms with E-state index in [1.165, 1.54) is 36.2 Å². The van der Waals surface area contributed by atoms with Crippen LogP contribution >= 0.6 is 11.6 Å². The van der Waals surface area contributed by atoms with Gasteiger partial charge in [0.05, 0.1) is 12.0 Å². The number of amides is 1. The maximum atomic E-state index is 13.2. The van der Waals surface area contributed by atoms with Gasteiger partial charge in [-0.1, -0.05) is 35.9 Å². The molecule has 0 aliphatic carbocycles. The SMILES string of the molecule is COc1ccc(C(=O)N2CCc3ccccc3C2)cc1CN(C)S(=O)(=O)c1ccc(Cl)cc1. The number of hydrogen-bond acceptors (Lipinski definition) is 4. The van der Waals surface area contributed by atoms with Crippen molar-refractivity contribution in [1.82, 2.24) is 9.21 Å². The van der Waals surface area contributed by atoms with Gasteiger partial charge in [0.1, 0.15) is 5.75 Å². The van der Waals surface area contributed by atoms with Crippen LogP contribution in [0.5, 0.6) is 5.75 Å². The Morgan fingerprint density at radius 1 is 1.06 bits per heavy atom. The normalized spacial score (nSPS) is 13.6. The van der Waals surface area contributed by atoms with Gasteiger partial charge in [-0.05, 0) is 60.0 Å². The predicted molar refractivity (Wildman–Crippen MR) is 128 cm³/mol. The molecule has 3 aromatic carbocycles. The van der Waals surface area contributed by atoms with E-state index in [-0.39, 0.29) is 17.3 Å². The van der Waals surface area contributed by atoms with Crippen LogP contribution in [0.4, 0.5) is 0 Å². The summed E-state index contributed by atoms with van der Waals surface area (Å²) < 4.78 is 32.7. The lowest BCUT2D eigenvalue weighted by Crippen LogP contribution is -2.36. The number of rotatable bonds is 6. The molecule has 0 saturated heterocycles. The van der Waals surface area contributed by atoms with Crippen LogP contribution in [0.1, 0.15) is 27.0 Å². The highest BCUT2D eigenvalue weighted by Gasteiger charge is 2.25. The quantitative estimate of drug-likeness (QED) is 0.521. The summed E-state index contributed by atoms with van der Waals surface area (Å²) in [5, 5.41) is 0.463. The van der Waals surface area contributed by atoms with Crippen molar-refractivity contribution in [2.45, 2.75) is 24.4 Å². The van der Waals surface area contributed by atoms with Gasteiger partial charge in [0.2, 0.25) is 10.0 Å². The molecular weight excluding hydrogens is 460 g/mol. The number of fused-ring (bicyclic) bond motifs is 1. The van der Waals surface area contributed by atoms with Crippen molar-refractivity contribution >= 4 is 27.5 Å². The molecule has 1 heterocycles. The lowest BCUT2D eigenvalue weighted by molar-refractivity contribution is 0.0734. The zero-order valence-corrected chi connectivity index (χ0v) is 20.1. The molecule has 3 aromatic rings. The molecule has 0 radical (unpaired) electrons. The molecule has 4 rings (SSSR count). The molecule has 0 unspecified atom stereocenters. The van der Waals surface area contributed by atoms with Crippen molar-refractivity contribution in [3.8, 4) is 5.75 Å². The van der Waals surface area contributed by atoms with Gasteiger partial charge in [-0.2, -0.15) is 4.31 Å². The van der Waals surface area contributed by atoms with E-state index in [4.69, 9.17) is 16.3 Å². The van der Waals surface area contributed by atoms with Crippen molar-refractivity contribution in [3.63, 3.8) is 0 Å². The van der Waals surface area contributed by atoms with Crippen LogP contribution in [0.15, 0.2) is 71.6 Å². The Labute approximate surface area is 199 Å². The Bertz CT molecular complexity index is 1280. The molecule has 0 aromatic heterocycles. The summed E-state index contributed by atoms with van der Waals surface area (Å²) in [6.45, 7) is 1.25. The molecule has 0 fully saturated rings. The summed E-state index contributed by atoms with van der Waals surface area (Å²) >= 11 is 5.89. The Balaban J connectivity index is 1.57. The summed E-state index contributed by atoms with van der Waals surface area (Å²) in [5.41, 5.74) is 3.54. The lowest BCUT2D eigenvalue weighted by Gasteiger charge is -2.29. The summed E-state index contributed by atoms with van der Waals surface area (Å²) in [7, 11) is -0.719. The summed E-state index contributed by atoms with van der Waals surface area (Å²) in [5.74, 6) is 0.435. The second-order valence-corrected chi connectivity index (χ2v) is 10.5. The summed E-state index contributed by atoms with van der Waals surface area (Å²) in [6, 6.07) is 19.3. The van der Waals surface area contributed by atoms with Crippen molar-refractivity contribution in [2.75, 3.05) is 20.7 Å². The van der Waals surface area contributed by atoms with Crippen LogP contribution in [0.3, 0.4) is 0 Å². The van der Waals surface area contributed by atoms with Gasteiger partial charge in [-0.25, -0.2) is 8.42 Å². The van der Waals surface area contributed by atoms with Crippen LogP contribution in [-0.2, 0) is 29.5 Å². The van der Waals surface area contributed by atoms with E-state index in [9.17, 15) is 13.2 Å². The molecule has 1 aliphatic heterocycles. The van der Waals surface area contributed by atoms with Crippen molar-refractivity contribution < 1.29 is 17.9 Å². The van der Waals surface area contributed by atoms with Gasteiger partial charge in [0.15, 0.2) is 0 Å². The standard InChI is InChI=1S/C25H25ClN2O4S/c1-27(33(30,31)23-10-8-22(26)9-11-23)16-21-15-19(7-12-24(21)32-2)25(29)28-14-13-18-5-3-4-6-20(18)17-28/h3-12,15H,13-14,16-17H2,1-2H3. The van der Waals surface area contributed by atoms with Gasteiger partial charge in [0, 0.05) is 42.8 Å². The fourth-order valence-electron chi connectivity index (χ4n) is 4.00. The predicted octanol–water partition coefficient (Wildman–Crippen LogP) is 4.37. The van der Waals surface area contributed by atoms with Gasteiger partial charge in [-0.3, -0.25) is 4.79 Å². The van der Waals surface area contributed by atoms with E-state index in [1.807, 2.05) is 23.1 Å². The first-order valence-electron chi connectivity index (χ1n) is 10.5. The first kappa shape index (κ1) is 23.3. The number of benzene rings is 3. The van der Waals surface area contributed by atoms with Crippen molar-refractivity contribution in [2.24, 2.45) is 0 Å². The maximum Gasteiger partial charge on any atom is 0.254 e. The number of halogens is 1. The second kappa shape index (κ2) is 9.55. The molecule has 1 aliphatic rings. The Morgan fingerprint density at radius 3 is 2.45 bits per heavy atom. The highest BCUT2D eigenvalue weighted by Crippen LogP contribution is 2.27. The van der Waals surface area contributed by atoms with E-state index in [2.05, 4.69) is 6.07 Å². The monoisotopic (exact) mass is 484 g/mol. The molecule has 0 saturated carbocycles. The Hall–Kier alpha value is -2.87. The molecule has 8 heteroatoms. The lowest BCUT2D eigenvalue weighted by atomic mass is 9.99. The number of carbonyl (C=O) groups is 1. The third-order valence-corrected chi connectivity index (χ3v) is 7.93. The minimum atomic E-state index is -3.74. The molecule has 6 nitrogen and oxygen atoms in total. The largest absolute Gasteiger partial charge is 0.496 e. The summed E-state index contributed by atoms with van der Waals surface area (Å²) in [4.78, 5) is 15.2. The van der Waals surface area contributed by atoms with Crippen LogP contribution in [0.25, 0.3) is 0 Å². The van der Waals surface area contributed by atoms with Gasteiger partial charge >= 0.3 is 0 Å². The fourth-order valence-corrected chi connectivity index (χ4v) is 5.27.